The summed E-state index contributed by atoms with van der Waals surface area (Å²) in [4.78, 5) is 20.4. The third-order valence-corrected chi connectivity index (χ3v) is 4.50. The lowest BCUT2D eigenvalue weighted by molar-refractivity contribution is -0.117. The molecule has 0 aliphatic carbocycles. The molecule has 0 atom stereocenters. The molecule has 138 valence electrons. The Morgan fingerprint density at radius 2 is 1.85 bits per heavy atom. The molecule has 1 fully saturated rings. The van der Waals surface area contributed by atoms with E-state index in [4.69, 9.17) is 0 Å². The summed E-state index contributed by atoms with van der Waals surface area (Å²) in [5, 5.41) is 2.72. The van der Waals surface area contributed by atoms with Crippen LogP contribution in [0.4, 0.5) is 14.5 Å². The molecule has 1 aromatic heterocycles. The number of aryl methyl sites for hydroxylation is 1. The molecular formula is C19H22F2N4O. The Kier molecular flexibility index (Phi) is 5.90. The number of anilines is 1. The van der Waals surface area contributed by atoms with E-state index in [0.29, 0.717) is 36.6 Å². The third kappa shape index (κ3) is 4.83. The molecule has 2 aromatic rings. The minimum absolute atomic E-state index is 0.169. The van der Waals surface area contributed by atoms with Crippen LogP contribution in [0.2, 0.25) is 0 Å². The molecule has 0 saturated carbocycles. The van der Waals surface area contributed by atoms with Crippen LogP contribution in [-0.2, 0) is 11.3 Å². The number of pyridine rings is 1. The van der Waals surface area contributed by atoms with Crippen molar-refractivity contribution in [3.05, 3.63) is 59.4 Å². The maximum absolute atomic E-state index is 13.7. The zero-order valence-electron chi connectivity index (χ0n) is 14.7. The van der Waals surface area contributed by atoms with Gasteiger partial charge in [-0.2, -0.15) is 0 Å². The first kappa shape index (κ1) is 18.4. The molecular weight excluding hydrogens is 338 g/mol. The van der Waals surface area contributed by atoms with E-state index in [2.05, 4.69) is 15.2 Å². The van der Waals surface area contributed by atoms with E-state index in [9.17, 15) is 13.6 Å². The Morgan fingerprint density at radius 3 is 2.54 bits per heavy atom. The van der Waals surface area contributed by atoms with Gasteiger partial charge in [0.25, 0.3) is 0 Å². The van der Waals surface area contributed by atoms with Crippen molar-refractivity contribution in [1.29, 1.82) is 0 Å². The zero-order valence-corrected chi connectivity index (χ0v) is 14.7. The minimum Gasteiger partial charge on any atom is -0.325 e. The topological polar surface area (TPSA) is 48.5 Å². The largest absolute Gasteiger partial charge is 0.325 e. The smallest absolute Gasteiger partial charge is 0.238 e. The van der Waals surface area contributed by atoms with Gasteiger partial charge in [-0.25, -0.2) is 8.78 Å². The van der Waals surface area contributed by atoms with Gasteiger partial charge < -0.3 is 5.32 Å². The number of piperazine rings is 1. The number of nitrogens with zero attached hydrogens (tertiary/aromatic N) is 3. The molecule has 0 radical (unpaired) electrons. The van der Waals surface area contributed by atoms with Gasteiger partial charge in [-0.3, -0.25) is 19.6 Å². The van der Waals surface area contributed by atoms with Crippen LogP contribution in [0.3, 0.4) is 0 Å². The zero-order chi connectivity index (χ0) is 18.5. The van der Waals surface area contributed by atoms with E-state index in [1.807, 2.05) is 4.90 Å². The summed E-state index contributed by atoms with van der Waals surface area (Å²) in [5.74, 6) is -0.796. The maximum Gasteiger partial charge on any atom is 0.238 e. The van der Waals surface area contributed by atoms with Crippen molar-refractivity contribution in [1.82, 2.24) is 14.8 Å². The number of amides is 1. The first-order valence-corrected chi connectivity index (χ1v) is 8.61. The molecule has 1 aromatic carbocycles. The second kappa shape index (κ2) is 8.33. The van der Waals surface area contributed by atoms with E-state index in [1.54, 1.807) is 31.3 Å². The Balaban J connectivity index is 1.45. The number of halogens is 2. The van der Waals surface area contributed by atoms with Gasteiger partial charge in [0.15, 0.2) is 0 Å². The number of carbonyl (C=O) groups is 1. The van der Waals surface area contributed by atoms with Crippen molar-refractivity contribution in [2.45, 2.75) is 13.5 Å². The van der Waals surface area contributed by atoms with E-state index in [1.165, 1.54) is 12.1 Å². The van der Waals surface area contributed by atoms with Gasteiger partial charge in [-0.1, -0.05) is 6.07 Å². The molecule has 1 amide bonds. The molecule has 0 bridgehead atoms. The predicted octanol–water partition coefficient (Wildman–Crippen LogP) is 2.42. The van der Waals surface area contributed by atoms with Gasteiger partial charge in [0, 0.05) is 44.6 Å². The number of nitrogens with one attached hydrogen (secondary N) is 1. The molecule has 1 saturated heterocycles. The van der Waals surface area contributed by atoms with Crippen LogP contribution in [0.5, 0.6) is 0 Å². The van der Waals surface area contributed by atoms with Gasteiger partial charge >= 0.3 is 0 Å². The number of hydrogen-bond donors (Lipinski definition) is 1. The van der Waals surface area contributed by atoms with Crippen LogP contribution >= 0.6 is 0 Å². The Morgan fingerprint density at radius 1 is 1.12 bits per heavy atom. The van der Waals surface area contributed by atoms with E-state index < -0.39 is 0 Å². The normalized spacial score (nSPS) is 15.8. The predicted molar refractivity (Wildman–Crippen MR) is 95.7 cm³/mol. The fourth-order valence-corrected chi connectivity index (χ4v) is 2.93. The Bertz CT molecular complexity index is 776. The number of carbonyl (C=O) groups excluding carboxylic acids is 1. The van der Waals surface area contributed by atoms with E-state index in [-0.39, 0.29) is 24.1 Å². The fourth-order valence-electron chi connectivity index (χ4n) is 2.93. The lowest BCUT2D eigenvalue weighted by Crippen LogP contribution is -2.48. The molecule has 0 spiro atoms. The average Bonchev–Trinajstić information content (AvgIpc) is 2.62. The second-order valence-electron chi connectivity index (χ2n) is 6.50. The summed E-state index contributed by atoms with van der Waals surface area (Å²) in [7, 11) is 0. The molecule has 0 unspecified atom stereocenters. The van der Waals surface area contributed by atoms with Gasteiger partial charge in [-0.15, -0.1) is 0 Å². The van der Waals surface area contributed by atoms with Gasteiger partial charge in [0.2, 0.25) is 5.91 Å². The van der Waals surface area contributed by atoms with Crippen LogP contribution < -0.4 is 5.32 Å². The van der Waals surface area contributed by atoms with Crippen LogP contribution in [-0.4, -0.2) is 53.4 Å². The van der Waals surface area contributed by atoms with E-state index >= 15 is 0 Å². The highest BCUT2D eigenvalue weighted by Crippen LogP contribution is 2.14. The second-order valence-corrected chi connectivity index (χ2v) is 6.50. The molecule has 2 heterocycles. The molecule has 5 nitrogen and oxygen atoms in total. The number of benzene rings is 1. The highest BCUT2D eigenvalue weighted by molar-refractivity contribution is 5.92. The highest BCUT2D eigenvalue weighted by Gasteiger charge is 2.20. The molecule has 1 aliphatic heterocycles. The Labute approximate surface area is 151 Å². The number of rotatable bonds is 5. The quantitative estimate of drug-likeness (QED) is 0.890. The average molecular weight is 360 g/mol. The van der Waals surface area contributed by atoms with Crippen molar-refractivity contribution in [3.63, 3.8) is 0 Å². The van der Waals surface area contributed by atoms with Gasteiger partial charge in [0.1, 0.15) is 11.6 Å². The summed E-state index contributed by atoms with van der Waals surface area (Å²) in [6.07, 6.45) is 1.59. The van der Waals surface area contributed by atoms with E-state index in [0.717, 1.165) is 13.1 Å². The maximum atomic E-state index is 13.7. The third-order valence-electron chi connectivity index (χ3n) is 4.50. The van der Waals surface area contributed by atoms with Crippen molar-refractivity contribution in [3.8, 4) is 0 Å². The molecule has 1 N–H and O–H groups in total. The van der Waals surface area contributed by atoms with Crippen molar-refractivity contribution in [2.75, 3.05) is 38.0 Å². The highest BCUT2D eigenvalue weighted by atomic mass is 19.1. The molecule has 1 aliphatic rings. The number of aromatic nitrogens is 1. The standard InChI is InChI=1S/C19H22F2N4O/c1-14-4-5-15(11-17(14)21)23-19(26)13-25-9-7-24(8-10-25)12-18-16(20)3-2-6-22-18/h2-6,11H,7-10,12-13H2,1H3,(H,23,26). The lowest BCUT2D eigenvalue weighted by Gasteiger charge is -2.34. The molecule has 7 heteroatoms. The van der Waals surface area contributed by atoms with Crippen LogP contribution in [0.25, 0.3) is 0 Å². The van der Waals surface area contributed by atoms with Crippen LogP contribution in [0, 0.1) is 18.6 Å². The number of hydrogen-bond acceptors (Lipinski definition) is 4. The van der Waals surface area contributed by atoms with Gasteiger partial charge in [-0.05, 0) is 36.8 Å². The van der Waals surface area contributed by atoms with Crippen molar-refractivity contribution >= 4 is 11.6 Å². The van der Waals surface area contributed by atoms with Crippen LogP contribution in [0.1, 0.15) is 11.3 Å². The first-order valence-electron chi connectivity index (χ1n) is 8.61. The minimum atomic E-state index is -0.335. The first-order chi connectivity index (χ1) is 12.5. The summed E-state index contributed by atoms with van der Waals surface area (Å²) in [6.45, 7) is 5.30. The summed E-state index contributed by atoms with van der Waals surface area (Å²) < 4.78 is 27.2. The monoisotopic (exact) mass is 360 g/mol. The van der Waals surface area contributed by atoms with Crippen molar-refractivity contribution in [2.24, 2.45) is 0 Å². The Hall–Kier alpha value is -2.38. The molecule has 26 heavy (non-hydrogen) atoms. The molecule has 3 rings (SSSR count). The lowest BCUT2D eigenvalue weighted by atomic mass is 10.2. The summed E-state index contributed by atoms with van der Waals surface area (Å²) >= 11 is 0. The van der Waals surface area contributed by atoms with Crippen LogP contribution in [0.15, 0.2) is 36.5 Å². The van der Waals surface area contributed by atoms with Gasteiger partial charge in [0.05, 0.1) is 12.2 Å². The fraction of sp³-hybridized carbons (Fsp3) is 0.368. The van der Waals surface area contributed by atoms with Crippen molar-refractivity contribution < 1.29 is 13.6 Å². The SMILES string of the molecule is Cc1ccc(NC(=O)CN2CCN(Cc3ncccc3F)CC2)cc1F. The summed E-state index contributed by atoms with van der Waals surface area (Å²) in [6, 6.07) is 7.65. The summed E-state index contributed by atoms with van der Waals surface area (Å²) in [5.41, 5.74) is 1.45.